The highest BCUT2D eigenvalue weighted by Crippen LogP contribution is 2.22. The number of carbonyl (C=O) groups excluding carboxylic acids is 1. The Kier molecular flexibility index (Phi) is 3.45. The summed E-state index contributed by atoms with van der Waals surface area (Å²) in [5.74, 6) is -0.906. The first-order chi connectivity index (χ1) is 6.06. The van der Waals surface area contributed by atoms with Crippen LogP contribution in [0.2, 0.25) is 5.02 Å². The largest absolute Gasteiger partial charge is 0.293 e. The summed E-state index contributed by atoms with van der Waals surface area (Å²) in [5, 5.41) is 0.245. The van der Waals surface area contributed by atoms with E-state index in [-0.39, 0.29) is 21.7 Å². The zero-order chi connectivity index (χ0) is 10.0. The summed E-state index contributed by atoms with van der Waals surface area (Å²) in [5.41, 5.74) is 0.665. The van der Waals surface area contributed by atoms with Crippen molar-refractivity contribution < 1.29 is 9.18 Å². The lowest BCUT2D eigenvalue weighted by molar-refractivity contribution is 0.102. The molecule has 70 valence electrons. The zero-order valence-electron chi connectivity index (χ0n) is 6.90. The molecule has 0 aliphatic carbocycles. The van der Waals surface area contributed by atoms with E-state index in [1.165, 1.54) is 6.07 Å². The number of benzene rings is 1. The van der Waals surface area contributed by atoms with Crippen LogP contribution < -0.4 is 0 Å². The minimum atomic E-state index is -0.561. The number of hydrogen-bond acceptors (Lipinski definition) is 1. The van der Waals surface area contributed by atoms with Gasteiger partial charge in [0, 0.05) is 0 Å². The minimum Gasteiger partial charge on any atom is -0.293 e. The number of halogens is 3. The van der Waals surface area contributed by atoms with Gasteiger partial charge in [-0.2, -0.15) is 0 Å². The predicted molar refractivity (Wildman–Crippen MR) is 54.3 cm³/mol. The molecule has 0 bridgehead atoms. The molecule has 0 fully saturated rings. The highest BCUT2D eigenvalue weighted by molar-refractivity contribution is 9.09. The number of hydrogen-bond donors (Lipinski definition) is 0. The summed E-state index contributed by atoms with van der Waals surface area (Å²) in [4.78, 5) is 11.2. The first-order valence-corrected chi connectivity index (χ1v) is 5.11. The molecular weight excluding hydrogens is 258 g/mol. The van der Waals surface area contributed by atoms with E-state index >= 15 is 0 Å². The molecule has 1 aromatic rings. The van der Waals surface area contributed by atoms with Gasteiger partial charge in [0.2, 0.25) is 0 Å². The van der Waals surface area contributed by atoms with Crippen LogP contribution in [0.15, 0.2) is 12.1 Å². The second kappa shape index (κ2) is 4.20. The molecule has 0 spiro atoms. The van der Waals surface area contributed by atoms with Gasteiger partial charge in [-0.25, -0.2) is 4.39 Å². The summed E-state index contributed by atoms with van der Waals surface area (Å²) < 4.78 is 13.2. The number of alkyl halides is 1. The van der Waals surface area contributed by atoms with Gasteiger partial charge >= 0.3 is 0 Å². The van der Waals surface area contributed by atoms with Crippen LogP contribution in [0.3, 0.4) is 0 Å². The SMILES string of the molecule is Cc1cc(F)c(C(=O)CBr)c(Cl)c1. The van der Waals surface area contributed by atoms with Crippen molar-refractivity contribution >= 4 is 33.3 Å². The number of carbonyl (C=O) groups is 1. The Morgan fingerprint density at radius 2 is 2.23 bits per heavy atom. The van der Waals surface area contributed by atoms with Gasteiger partial charge in [0.05, 0.1) is 15.9 Å². The molecule has 0 aromatic heterocycles. The summed E-state index contributed by atoms with van der Waals surface area (Å²) in [6.45, 7) is 1.72. The highest BCUT2D eigenvalue weighted by Gasteiger charge is 2.14. The van der Waals surface area contributed by atoms with Crippen LogP contribution in [0.4, 0.5) is 4.39 Å². The summed E-state index contributed by atoms with van der Waals surface area (Å²) >= 11 is 8.69. The molecule has 1 rings (SSSR count). The fourth-order valence-electron chi connectivity index (χ4n) is 1.03. The molecule has 0 radical (unpaired) electrons. The monoisotopic (exact) mass is 264 g/mol. The minimum absolute atomic E-state index is 0.0378. The van der Waals surface area contributed by atoms with Crippen LogP contribution in [0.5, 0.6) is 0 Å². The number of rotatable bonds is 2. The van der Waals surface area contributed by atoms with Gasteiger partial charge < -0.3 is 0 Å². The molecule has 0 atom stereocenters. The molecule has 0 aliphatic heterocycles. The van der Waals surface area contributed by atoms with Crippen molar-refractivity contribution in [3.8, 4) is 0 Å². The van der Waals surface area contributed by atoms with E-state index in [9.17, 15) is 9.18 Å². The van der Waals surface area contributed by atoms with Crippen molar-refractivity contribution in [1.29, 1.82) is 0 Å². The van der Waals surface area contributed by atoms with Crippen molar-refractivity contribution in [3.63, 3.8) is 0 Å². The molecule has 13 heavy (non-hydrogen) atoms. The van der Waals surface area contributed by atoms with Gasteiger partial charge in [0.1, 0.15) is 5.82 Å². The zero-order valence-corrected chi connectivity index (χ0v) is 9.25. The number of aryl methyl sites for hydroxylation is 1. The fourth-order valence-corrected chi connectivity index (χ4v) is 1.68. The van der Waals surface area contributed by atoms with E-state index in [0.29, 0.717) is 5.56 Å². The maximum absolute atomic E-state index is 13.2. The highest BCUT2D eigenvalue weighted by atomic mass is 79.9. The maximum Gasteiger partial charge on any atom is 0.177 e. The summed E-state index contributed by atoms with van der Waals surface area (Å²) in [6.07, 6.45) is 0. The normalized spacial score (nSPS) is 10.2. The molecule has 0 saturated heterocycles. The first-order valence-electron chi connectivity index (χ1n) is 3.61. The third kappa shape index (κ3) is 2.29. The third-order valence-electron chi connectivity index (χ3n) is 1.59. The second-order valence-corrected chi connectivity index (χ2v) is 3.63. The lowest BCUT2D eigenvalue weighted by atomic mass is 10.1. The fraction of sp³-hybridized carbons (Fsp3) is 0.222. The van der Waals surface area contributed by atoms with Crippen molar-refractivity contribution in [3.05, 3.63) is 34.1 Å². The van der Waals surface area contributed by atoms with Crippen molar-refractivity contribution in [2.75, 3.05) is 5.33 Å². The average molecular weight is 266 g/mol. The van der Waals surface area contributed by atoms with Crippen LogP contribution >= 0.6 is 27.5 Å². The molecule has 0 amide bonds. The predicted octanol–water partition coefficient (Wildman–Crippen LogP) is 3.37. The van der Waals surface area contributed by atoms with Gasteiger partial charge in [0.25, 0.3) is 0 Å². The average Bonchev–Trinajstić information content (AvgIpc) is 2.02. The van der Waals surface area contributed by atoms with E-state index in [2.05, 4.69) is 15.9 Å². The van der Waals surface area contributed by atoms with Crippen LogP contribution in [-0.2, 0) is 0 Å². The van der Waals surface area contributed by atoms with Crippen molar-refractivity contribution in [2.45, 2.75) is 6.92 Å². The Hall–Kier alpha value is -0.410. The Morgan fingerprint density at radius 1 is 1.62 bits per heavy atom. The van der Waals surface area contributed by atoms with Crippen molar-refractivity contribution in [2.24, 2.45) is 0 Å². The van der Waals surface area contributed by atoms with Crippen LogP contribution in [0.1, 0.15) is 15.9 Å². The van der Waals surface area contributed by atoms with Gasteiger partial charge in [-0.05, 0) is 24.6 Å². The molecule has 4 heteroatoms. The van der Waals surface area contributed by atoms with Gasteiger partial charge in [-0.1, -0.05) is 27.5 Å². The van der Waals surface area contributed by atoms with Crippen LogP contribution in [0.25, 0.3) is 0 Å². The quantitative estimate of drug-likeness (QED) is 0.592. The molecule has 1 aromatic carbocycles. The van der Waals surface area contributed by atoms with E-state index in [0.717, 1.165) is 0 Å². The second-order valence-electron chi connectivity index (χ2n) is 2.66. The van der Waals surface area contributed by atoms with Gasteiger partial charge in [0.15, 0.2) is 5.78 Å². The van der Waals surface area contributed by atoms with Gasteiger partial charge in [-0.3, -0.25) is 4.79 Å². The number of Topliss-reactive ketones (excluding diaryl/α,β-unsaturated/α-hetero) is 1. The molecular formula is C9H7BrClFO. The summed E-state index contributed by atoms with van der Waals surface area (Å²) in [7, 11) is 0. The lowest BCUT2D eigenvalue weighted by Crippen LogP contribution is -2.04. The third-order valence-corrected chi connectivity index (χ3v) is 2.39. The Labute approximate surface area is 89.0 Å². The topological polar surface area (TPSA) is 17.1 Å². The standard InChI is InChI=1S/C9H7BrClFO/c1-5-2-6(11)9(7(12)3-5)8(13)4-10/h2-3H,4H2,1H3. The molecule has 0 unspecified atom stereocenters. The smallest absolute Gasteiger partial charge is 0.177 e. The molecule has 0 N–H and O–H groups in total. The summed E-state index contributed by atoms with van der Waals surface area (Å²) in [6, 6.07) is 2.86. The molecule has 0 aliphatic rings. The van der Waals surface area contributed by atoms with E-state index < -0.39 is 5.82 Å². The molecule has 0 saturated carbocycles. The lowest BCUT2D eigenvalue weighted by Gasteiger charge is -2.03. The first kappa shape index (κ1) is 10.7. The Balaban J connectivity index is 3.28. The van der Waals surface area contributed by atoms with Crippen molar-refractivity contribution in [1.82, 2.24) is 0 Å². The molecule has 1 nitrogen and oxygen atoms in total. The Morgan fingerprint density at radius 3 is 2.69 bits per heavy atom. The van der Waals surface area contributed by atoms with Gasteiger partial charge in [-0.15, -0.1) is 0 Å². The molecule has 0 heterocycles. The van der Waals surface area contributed by atoms with Crippen LogP contribution in [0, 0.1) is 12.7 Å². The van der Waals surface area contributed by atoms with E-state index in [1.54, 1.807) is 13.0 Å². The van der Waals surface area contributed by atoms with E-state index in [4.69, 9.17) is 11.6 Å². The maximum atomic E-state index is 13.2. The number of ketones is 1. The Bertz CT molecular complexity index is 328. The van der Waals surface area contributed by atoms with E-state index in [1.807, 2.05) is 0 Å². The van der Waals surface area contributed by atoms with Crippen LogP contribution in [-0.4, -0.2) is 11.1 Å².